The van der Waals surface area contributed by atoms with Gasteiger partial charge in [-0.15, -0.1) is 0 Å². The van der Waals surface area contributed by atoms with E-state index in [9.17, 15) is 15.2 Å². The van der Waals surface area contributed by atoms with Crippen LogP contribution in [0.15, 0.2) is 16.7 Å². The average Bonchev–Trinajstić information content (AvgIpc) is 2.37. The summed E-state index contributed by atoms with van der Waals surface area (Å²) in [5, 5.41) is 23.4. The molecule has 1 heterocycles. The van der Waals surface area contributed by atoms with E-state index in [0.717, 1.165) is 0 Å². The molecular formula is C11H16BrN3O3. The molecule has 1 aromatic heterocycles. The van der Waals surface area contributed by atoms with Gasteiger partial charge in [-0.1, -0.05) is 13.8 Å². The molecule has 0 aliphatic rings. The molecule has 0 atom stereocenters. The van der Waals surface area contributed by atoms with E-state index in [-0.39, 0.29) is 18.1 Å². The van der Waals surface area contributed by atoms with Gasteiger partial charge in [0.15, 0.2) is 0 Å². The van der Waals surface area contributed by atoms with E-state index in [4.69, 9.17) is 0 Å². The summed E-state index contributed by atoms with van der Waals surface area (Å²) in [4.78, 5) is 14.5. The summed E-state index contributed by atoms with van der Waals surface area (Å²) in [6.07, 6.45) is 2.78. The molecule has 7 heteroatoms. The maximum atomic E-state index is 11.0. The van der Waals surface area contributed by atoms with Crippen molar-refractivity contribution >= 4 is 27.4 Å². The Morgan fingerprint density at radius 1 is 1.56 bits per heavy atom. The van der Waals surface area contributed by atoms with Crippen molar-refractivity contribution in [1.29, 1.82) is 0 Å². The maximum Gasteiger partial charge on any atom is 0.312 e. The molecule has 0 radical (unpaired) electrons. The van der Waals surface area contributed by atoms with Gasteiger partial charge in [0.1, 0.15) is 0 Å². The second-order valence-electron chi connectivity index (χ2n) is 4.05. The molecule has 0 fully saturated rings. The lowest BCUT2D eigenvalue weighted by Gasteiger charge is -2.31. The maximum absolute atomic E-state index is 11.0. The predicted molar refractivity (Wildman–Crippen MR) is 72.6 cm³/mol. The fourth-order valence-electron chi connectivity index (χ4n) is 1.61. The first kappa shape index (κ1) is 14.8. The second-order valence-corrected chi connectivity index (χ2v) is 4.96. The summed E-state index contributed by atoms with van der Waals surface area (Å²) in [5.41, 5.74) is -0.685. The van der Waals surface area contributed by atoms with Crippen molar-refractivity contribution in [3.05, 3.63) is 26.9 Å². The third-order valence-electron chi connectivity index (χ3n) is 3.07. The Morgan fingerprint density at radius 2 is 2.17 bits per heavy atom. The van der Waals surface area contributed by atoms with Crippen LogP contribution in [0, 0.1) is 10.1 Å². The first-order chi connectivity index (χ1) is 8.48. The fourth-order valence-corrected chi connectivity index (χ4v) is 1.92. The van der Waals surface area contributed by atoms with Gasteiger partial charge in [-0.25, -0.2) is 4.98 Å². The van der Waals surface area contributed by atoms with E-state index < -0.39 is 10.5 Å². The van der Waals surface area contributed by atoms with Crippen LogP contribution in [0.4, 0.5) is 11.5 Å². The van der Waals surface area contributed by atoms with Gasteiger partial charge in [0.05, 0.1) is 17.1 Å². The molecule has 0 amide bonds. The molecule has 0 aliphatic carbocycles. The highest BCUT2D eigenvalue weighted by Gasteiger charge is 2.28. The molecule has 0 spiro atoms. The third-order valence-corrected chi connectivity index (χ3v) is 3.50. The number of rotatable bonds is 6. The Kier molecular flexibility index (Phi) is 5.03. The van der Waals surface area contributed by atoms with E-state index in [2.05, 4.69) is 26.2 Å². The van der Waals surface area contributed by atoms with Crippen LogP contribution in [0.2, 0.25) is 0 Å². The monoisotopic (exact) mass is 317 g/mol. The van der Waals surface area contributed by atoms with E-state index in [0.29, 0.717) is 17.3 Å². The van der Waals surface area contributed by atoms with Crippen LogP contribution in [-0.2, 0) is 0 Å². The largest absolute Gasteiger partial charge is 0.394 e. The number of aliphatic hydroxyl groups excluding tert-OH is 1. The first-order valence-electron chi connectivity index (χ1n) is 5.67. The molecule has 1 aromatic rings. The van der Waals surface area contributed by atoms with Crippen molar-refractivity contribution in [3.63, 3.8) is 0 Å². The van der Waals surface area contributed by atoms with Crippen molar-refractivity contribution in [3.8, 4) is 0 Å². The average molecular weight is 318 g/mol. The van der Waals surface area contributed by atoms with E-state index in [1.807, 2.05) is 13.8 Å². The number of nitrogens with zero attached hydrogens (tertiary/aromatic N) is 2. The van der Waals surface area contributed by atoms with Crippen LogP contribution < -0.4 is 5.32 Å². The normalized spacial score (nSPS) is 11.3. The molecule has 0 saturated heterocycles. The third kappa shape index (κ3) is 3.17. The van der Waals surface area contributed by atoms with Gasteiger partial charge in [-0.05, 0) is 28.8 Å². The predicted octanol–water partition coefficient (Wildman–Crippen LogP) is 2.72. The zero-order valence-corrected chi connectivity index (χ0v) is 11.9. The zero-order chi connectivity index (χ0) is 13.8. The number of pyridine rings is 1. The van der Waals surface area contributed by atoms with Crippen molar-refractivity contribution in [2.24, 2.45) is 0 Å². The second kappa shape index (κ2) is 6.10. The number of halogens is 1. The minimum atomic E-state index is -0.578. The highest BCUT2D eigenvalue weighted by molar-refractivity contribution is 9.10. The first-order valence-corrected chi connectivity index (χ1v) is 6.46. The van der Waals surface area contributed by atoms with Crippen LogP contribution in [-0.4, -0.2) is 27.2 Å². The summed E-state index contributed by atoms with van der Waals surface area (Å²) in [6.45, 7) is 3.73. The van der Waals surface area contributed by atoms with Crippen molar-refractivity contribution in [2.45, 2.75) is 32.2 Å². The quantitative estimate of drug-likeness (QED) is 0.622. The van der Waals surface area contributed by atoms with E-state index in [1.165, 1.54) is 12.3 Å². The van der Waals surface area contributed by atoms with Crippen molar-refractivity contribution in [2.75, 3.05) is 11.9 Å². The molecule has 0 aliphatic heterocycles. The summed E-state index contributed by atoms with van der Waals surface area (Å²) in [5.74, 6) is 0.181. The van der Waals surface area contributed by atoms with Crippen LogP contribution in [0.3, 0.4) is 0 Å². The van der Waals surface area contributed by atoms with Gasteiger partial charge in [0, 0.05) is 16.7 Å². The molecule has 6 nitrogen and oxygen atoms in total. The molecule has 2 N–H and O–H groups in total. The Hall–Kier alpha value is -1.21. The van der Waals surface area contributed by atoms with Gasteiger partial charge in [0.2, 0.25) is 5.82 Å². The van der Waals surface area contributed by atoms with Crippen molar-refractivity contribution < 1.29 is 10.0 Å². The number of anilines is 1. The number of hydrogen-bond donors (Lipinski definition) is 2. The molecule has 0 aromatic carbocycles. The van der Waals surface area contributed by atoms with Gasteiger partial charge in [-0.3, -0.25) is 10.1 Å². The summed E-state index contributed by atoms with van der Waals surface area (Å²) >= 11 is 3.15. The molecular weight excluding hydrogens is 302 g/mol. The number of aliphatic hydroxyl groups is 1. The number of hydrogen-bond acceptors (Lipinski definition) is 5. The standard InChI is InChI=1S/C11H16BrN3O3/c1-3-11(4-2,7-16)14-10-9(15(17)18)5-8(12)6-13-10/h5-6,16H,3-4,7H2,1-2H3,(H,13,14). The summed E-state index contributed by atoms with van der Waals surface area (Å²) in [7, 11) is 0. The van der Waals surface area contributed by atoms with Gasteiger partial charge in [-0.2, -0.15) is 0 Å². The highest BCUT2D eigenvalue weighted by atomic mass is 79.9. The Bertz CT molecular complexity index is 427. The summed E-state index contributed by atoms with van der Waals surface area (Å²) < 4.78 is 0.544. The van der Waals surface area contributed by atoms with Crippen LogP contribution in [0.25, 0.3) is 0 Å². The van der Waals surface area contributed by atoms with Gasteiger partial charge < -0.3 is 10.4 Å². The van der Waals surface area contributed by atoms with Crippen LogP contribution in [0.1, 0.15) is 26.7 Å². The lowest BCUT2D eigenvalue weighted by Crippen LogP contribution is -2.41. The lowest BCUT2D eigenvalue weighted by molar-refractivity contribution is -0.384. The van der Waals surface area contributed by atoms with Crippen LogP contribution >= 0.6 is 15.9 Å². The number of aromatic nitrogens is 1. The van der Waals surface area contributed by atoms with Gasteiger partial charge in [0.25, 0.3) is 0 Å². The zero-order valence-electron chi connectivity index (χ0n) is 10.3. The van der Waals surface area contributed by atoms with Gasteiger partial charge >= 0.3 is 5.69 Å². The molecule has 0 bridgehead atoms. The SMILES string of the molecule is CCC(CC)(CO)Nc1ncc(Br)cc1[N+](=O)[O-]. The molecule has 0 saturated carbocycles. The Morgan fingerprint density at radius 3 is 2.61 bits per heavy atom. The smallest absolute Gasteiger partial charge is 0.312 e. The number of nitrogens with one attached hydrogen (secondary N) is 1. The van der Waals surface area contributed by atoms with E-state index >= 15 is 0 Å². The Labute approximate surface area is 114 Å². The lowest BCUT2D eigenvalue weighted by atomic mass is 9.94. The highest BCUT2D eigenvalue weighted by Crippen LogP contribution is 2.29. The summed E-state index contributed by atoms with van der Waals surface area (Å²) in [6, 6.07) is 1.39. The minimum Gasteiger partial charge on any atom is -0.394 e. The van der Waals surface area contributed by atoms with E-state index in [1.54, 1.807) is 0 Å². The van der Waals surface area contributed by atoms with Crippen LogP contribution in [0.5, 0.6) is 0 Å². The molecule has 0 unspecified atom stereocenters. The Balaban J connectivity index is 3.13. The number of nitro groups is 1. The molecule has 18 heavy (non-hydrogen) atoms. The molecule has 1 rings (SSSR count). The van der Waals surface area contributed by atoms with Crippen molar-refractivity contribution in [1.82, 2.24) is 4.98 Å². The fraction of sp³-hybridized carbons (Fsp3) is 0.545. The topological polar surface area (TPSA) is 88.3 Å². The molecule has 100 valence electrons. The minimum absolute atomic E-state index is 0.102.